The minimum Gasteiger partial charge on any atom is -0.377 e. The molecule has 0 bridgehead atoms. The number of hydrogen-bond donors (Lipinski definition) is 0. The van der Waals surface area contributed by atoms with Gasteiger partial charge in [-0.05, 0) is 37.5 Å². The lowest BCUT2D eigenvalue weighted by Crippen LogP contribution is -1.92. The van der Waals surface area contributed by atoms with Gasteiger partial charge in [0.25, 0.3) is 0 Å². The molecule has 1 heteroatoms. The number of ether oxygens (including phenoxy) is 1. The van der Waals surface area contributed by atoms with Gasteiger partial charge >= 0.3 is 0 Å². The highest BCUT2D eigenvalue weighted by Gasteiger charge is 1.95. The Morgan fingerprint density at radius 1 is 1.17 bits per heavy atom. The Bertz CT molecular complexity index is 253. The Morgan fingerprint density at radius 2 is 1.92 bits per heavy atom. The molecule has 1 rings (SSSR count). The van der Waals surface area contributed by atoms with Gasteiger partial charge in [-0.15, -0.1) is 0 Å². The third kappa shape index (κ3) is 2.35. The van der Waals surface area contributed by atoms with E-state index in [0.29, 0.717) is 0 Å². The molecular weight excluding hydrogens is 148 g/mol. The van der Waals surface area contributed by atoms with Gasteiger partial charge in [0.1, 0.15) is 0 Å². The average Bonchev–Trinajstić information content (AvgIpc) is 2.07. The zero-order valence-electron chi connectivity index (χ0n) is 8.05. The molecule has 12 heavy (non-hydrogen) atoms. The van der Waals surface area contributed by atoms with Crippen molar-refractivity contribution in [3.05, 3.63) is 34.9 Å². The molecule has 0 aliphatic rings. The van der Waals surface area contributed by atoms with Crippen LogP contribution in [0.5, 0.6) is 0 Å². The molecule has 0 aromatic heterocycles. The van der Waals surface area contributed by atoms with Crippen LogP contribution in [0.1, 0.15) is 23.6 Å². The van der Waals surface area contributed by atoms with Crippen LogP contribution in [-0.4, -0.2) is 6.61 Å². The standard InChI is InChI=1S/C11H16O/c1-4-12-8-11-6-5-9(2)10(3)7-11/h5-7H,4,8H2,1-3H3. The SMILES string of the molecule is CCOCc1ccc(C)c(C)c1. The van der Waals surface area contributed by atoms with Gasteiger partial charge < -0.3 is 4.74 Å². The van der Waals surface area contributed by atoms with Crippen LogP contribution in [0.4, 0.5) is 0 Å². The molecule has 1 nitrogen and oxygen atoms in total. The maximum Gasteiger partial charge on any atom is 0.0716 e. The lowest BCUT2D eigenvalue weighted by atomic mass is 10.1. The summed E-state index contributed by atoms with van der Waals surface area (Å²) in [5, 5.41) is 0. The smallest absolute Gasteiger partial charge is 0.0716 e. The number of benzene rings is 1. The zero-order valence-corrected chi connectivity index (χ0v) is 8.05. The second kappa shape index (κ2) is 4.27. The molecule has 0 amide bonds. The van der Waals surface area contributed by atoms with Crippen molar-refractivity contribution in [3.8, 4) is 0 Å². The highest BCUT2D eigenvalue weighted by Crippen LogP contribution is 2.10. The van der Waals surface area contributed by atoms with Crippen LogP contribution in [0.2, 0.25) is 0 Å². The fourth-order valence-corrected chi connectivity index (χ4v) is 1.11. The third-order valence-corrected chi connectivity index (χ3v) is 2.04. The monoisotopic (exact) mass is 164 g/mol. The van der Waals surface area contributed by atoms with Crippen LogP contribution in [0, 0.1) is 13.8 Å². The summed E-state index contributed by atoms with van der Waals surface area (Å²) >= 11 is 0. The Hall–Kier alpha value is -0.820. The molecule has 1 aromatic carbocycles. The maximum atomic E-state index is 5.31. The van der Waals surface area contributed by atoms with Gasteiger partial charge in [-0.3, -0.25) is 0 Å². The summed E-state index contributed by atoms with van der Waals surface area (Å²) in [6, 6.07) is 6.45. The second-order valence-corrected chi connectivity index (χ2v) is 3.06. The summed E-state index contributed by atoms with van der Waals surface area (Å²) in [6.45, 7) is 7.79. The molecule has 0 aliphatic heterocycles. The number of aryl methyl sites for hydroxylation is 2. The van der Waals surface area contributed by atoms with E-state index < -0.39 is 0 Å². The quantitative estimate of drug-likeness (QED) is 0.667. The Labute approximate surface area is 74.4 Å². The van der Waals surface area contributed by atoms with Gasteiger partial charge in [-0.2, -0.15) is 0 Å². The van der Waals surface area contributed by atoms with Crippen molar-refractivity contribution in [2.24, 2.45) is 0 Å². The largest absolute Gasteiger partial charge is 0.377 e. The summed E-state index contributed by atoms with van der Waals surface area (Å²) < 4.78 is 5.31. The van der Waals surface area contributed by atoms with Gasteiger partial charge in [0.05, 0.1) is 6.61 Å². The van der Waals surface area contributed by atoms with E-state index in [4.69, 9.17) is 4.74 Å². The Morgan fingerprint density at radius 3 is 2.50 bits per heavy atom. The minimum atomic E-state index is 0.734. The summed E-state index contributed by atoms with van der Waals surface area (Å²) in [7, 11) is 0. The van der Waals surface area contributed by atoms with E-state index in [1.165, 1.54) is 16.7 Å². The number of hydrogen-bond acceptors (Lipinski definition) is 1. The predicted molar refractivity (Wildman–Crippen MR) is 51.2 cm³/mol. The van der Waals surface area contributed by atoms with Gasteiger partial charge in [-0.1, -0.05) is 18.2 Å². The molecule has 66 valence electrons. The van der Waals surface area contributed by atoms with E-state index in [9.17, 15) is 0 Å². The van der Waals surface area contributed by atoms with Crippen LogP contribution in [0.15, 0.2) is 18.2 Å². The highest BCUT2D eigenvalue weighted by molar-refractivity contribution is 5.29. The number of rotatable bonds is 3. The lowest BCUT2D eigenvalue weighted by molar-refractivity contribution is 0.134. The molecule has 0 spiro atoms. The van der Waals surface area contributed by atoms with E-state index in [1.54, 1.807) is 0 Å². The van der Waals surface area contributed by atoms with E-state index >= 15 is 0 Å². The topological polar surface area (TPSA) is 9.23 Å². The second-order valence-electron chi connectivity index (χ2n) is 3.06. The fraction of sp³-hybridized carbons (Fsp3) is 0.455. The van der Waals surface area contributed by atoms with Gasteiger partial charge in [0.2, 0.25) is 0 Å². The van der Waals surface area contributed by atoms with Gasteiger partial charge in [-0.25, -0.2) is 0 Å². The first-order valence-corrected chi connectivity index (χ1v) is 4.38. The van der Waals surface area contributed by atoms with Gasteiger partial charge in [0.15, 0.2) is 0 Å². The lowest BCUT2D eigenvalue weighted by Gasteiger charge is -2.04. The molecule has 0 unspecified atom stereocenters. The van der Waals surface area contributed by atoms with Crippen LogP contribution < -0.4 is 0 Å². The summed E-state index contributed by atoms with van der Waals surface area (Å²) in [5.41, 5.74) is 3.95. The molecule has 0 aliphatic carbocycles. The normalized spacial score (nSPS) is 10.2. The predicted octanol–water partition coefficient (Wildman–Crippen LogP) is 2.84. The molecule has 1 aromatic rings. The third-order valence-electron chi connectivity index (χ3n) is 2.04. The average molecular weight is 164 g/mol. The van der Waals surface area contributed by atoms with Crippen molar-refractivity contribution < 1.29 is 4.74 Å². The van der Waals surface area contributed by atoms with Crippen LogP contribution in [0.25, 0.3) is 0 Å². The minimum absolute atomic E-state index is 0.734. The van der Waals surface area contributed by atoms with E-state index in [2.05, 4.69) is 32.0 Å². The van der Waals surface area contributed by atoms with Crippen molar-refractivity contribution in [2.75, 3.05) is 6.61 Å². The van der Waals surface area contributed by atoms with E-state index in [0.717, 1.165) is 13.2 Å². The molecule has 0 saturated carbocycles. The van der Waals surface area contributed by atoms with E-state index in [-0.39, 0.29) is 0 Å². The van der Waals surface area contributed by atoms with Crippen LogP contribution in [-0.2, 0) is 11.3 Å². The van der Waals surface area contributed by atoms with Crippen molar-refractivity contribution >= 4 is 0 Å². The molecule has 0 heterocycles. The van der Waals surface area contributed by atoms with E-state index in [1.807, 2.05) is 6.92 Å². The maximum absolute atomic E-state index is 5.31. The first kappa shape index (κ1) is 9.27. The van der Waals surface area contributed by atoms with Crippen molar-refractivity contribution in [2.45, 2.75) is 27.4 Å². The fourth-order valence-electron chi connectivity index (χ4n) is 1.11. The molecule has 0 atom stereocenters. The molecular formula is C11H16O. The zero-order chi connectivity index (χ0) is 8.97. The Balaban J connectivity index is 2.69. The summed E-state index contributed by atoms with van der Waals surface area (Å²) in [4.78, 5) is 0. The van der Waals surface area contributed by atoms with Crippen LogP contribution >= 0.6 is 0 Å². The molecule has 0 N–H and O–H groups in total. The molecule has 0 saturated heterocycles. The highest BCUT2D eigenvalue weighted by atomic mass is 16.5. The van der Waals surface area contributed by atoms with Crippen LogP contribution in [0.3, 0.4) is 0 Å². The van der Waals surface area contributed by atoms with Crippen molar-refractivity contribution in [1.29, 1.82) is 0 Å². The first-order chi connectivity index (χ1) is 5.74. The summed E-state index contributed by atoms with van der Waals surface area (Å²) in [5.74, 6) is 0. The van der Waals surface area contributed by atoms with Gasteiger partial charge in [0, 0.05) is 6.61 Å². The molecule has 0 radical (unpaired) electrons. The summed E-state index contributed by atoms with van der Waals surface area (Å²) in [6.07, 6.45) is 0. The first-order valence-electron chi connectivity index (χ1n) is 4.38. The van der Waals surface area contributed by atoms with Crippen molar-refractivity contribution in [3.63, 3.8) is 0 Å². The molecule has 0 fully saturated rings. The van der Waals surface area contributed by atoms with Crippen molar-refractivity contribution in [1.82, 2.24) is 0 Å². The Kier molecular flexibility index (Phi) is 3.30.